The molecule has 0 bridgehead atoms. The van der Waals surface area contributed by atoms with Crippen molar-refractivity contribution in [2.24, 2.45) is 0 Å². The maximum atomic E-state index is 15.0. The van der Waals surface area contributed by atoms with E-state index in [4.69, 9.17) is 14.2 Å². The minimum atomic E-state index is -0.219. The first kappa shape index (κ1) is 29.3. The van der Waals surface area contributed by atoms with Crippen LogP contribution in [0.15, 0.2) is 90.8 Å². The summed E-state index contributed by atoms with van der Waals surface area (Å²) in [6, 6.07) is 24.0. The van der Waals surface area contributed by atoms with Gasteiger partial charge in [-0.25, -0.2) is 4.39 Å². The molecule has 0 aromatic heterocycles. The third-order valence-electron chi connectivity index (χ3n) is 7.24. The smallest absolute Gasteiger partial charge is 0.306 e. The zero-order valence-corrected chi connectivity index (χ0v) is 24.1. The molecule has 3 aromatic rings. The second-order valence-electron chi connectivity index (χ2n) is 11.1. The molecule has 0 spiro atoms. The minimum absolute atomic E-state index is 0.106. The van der Waals surface area contributed by atoms with Crippen LogP contribution >= 0.6 is 0 Å². The topological polar surface area (TPSA) is 44.8 Å². The van der Waals surface area contributed by atoms with Crippen molar-refractivity contribution in [3.63, 3.8) is 0 Å². The molecule has 4 nitrogen and oxygen atoms in total. The van der Waals surface area contributed by atoms with Crippen molar-refractivity contribution in [2.45, 2.75) is 64.6 Å². The summed E-state index contributed by atoms with van der Waals surface area (Å²) in [5.41, 5.74) is 5.54. The lowest BCUT2D eigenvalue weighted by molar-refractivity contribution is -0.143. The van der Waals surface area contributed by atoms with Crippen molar-refractivity contribution in [3.05, 3.63) is 119 Å². The summed E-state index contributed by atoms with van der Waals surface area (Å²) in [5.74, 6) is 0.176. The number of hydrogen-bond acceptors (Lipinski definition) is 4. The zero-order chi connectivity index (χ0) is 28.7. The molecular formula is C35H39FO4. The van der Waals surface area contributed by atoms with E-state index in [1.54, 1.807) is 13.2 Å². The van der Waals surface area contributed by atoms with Crippen LogP contribution in [-0.4, -0.2) is 25.8 Å². The van der Waals surface area contributed by atoms with Gasteiger partial charge in [-0.15, -0.1) is 0 Å². The van der Waals surface area contributed by atoms with E-state index in [9.17, 15) is 4.79 Å². The van der Waals surface area contributed by atoms with E-state index in [1.807, 2.05) is 73.7 Å². The standard InChI is InChI=1S/C35H39FO4/c1-6-39-34(37)22-29(25-10-8-7-9-11-25)26-13-15-27(16-14-26)40-23-24-12-18-32(35(2,3)4)30(20-24)31-21-28(38-5)17-19-33(31)36/h7-20,28-29H,6,21-23H2,1-5H3. The van der Waals surface area contributed by atoms with Gasteiger partial charge in [0.2, 0.25) is 0 Å². The molecule has 1 aliphatic rings. The SMILES string of the molecule is CCOC(=O)CC(c1ccccc1)c1ccc(OCc2ccc(C(C)(C)C)c(C3=C(F)C=CC(OC)C3)c2)cc1. The van der Waals surface area contributed by atoms with Gasteiger partial charge in [0.15, 0.2) is 0 Å². The second kappa shape index (κ2) is 13.1. The van der Waals surface area contributed by atoms with Gasteiger partial charge >= 0.3 is 5.97 Å². The van der Waals surface area contributed by atoms with E-state index >= 15 is 4.39 Å². The largest absolute Gasteiger partial charge is 0.489 e. The van der Waals surface area contributed by atoms with Crippen molar-refractivity contribution in [1.29, 1.82) is 0 Å². The lowest BCUT2D eigenvalue weighted by Gasteiger charge is -2.27. The normalized spacial score (nSPS) is 16.1. The van der Waals surface area contributed by atoms with Crippen LogP contribution in [0.4, 0.5) is 4.39 Å². The third-order valence-corrected chi connectivity index (χ3v) is 7.24. The van der Waals surface area contributed by atoms with Gasteiger partial charge in [-0.3, -0.25) is 4.79 Å². The van der Waals surface area contributed by atoms with Crippen molar-refractivity contribution in [1.82, 2.24) is 0 Å². The number of rotatable bonds is 10. The summed E-state index contributed by atoms with van der Waals surface area (Å²) < 4.78 is 31.9. The molecule has 3 aromatic carbocycles. The number of methoxy groups -OCH3 is 1. The molecule has 5 heteroatoms. The maximum absolute atomic E-state index is 15.0. The van der Waals surface area contributed by atoms with Crippen molar-refractivity contribution in [3.8, 4) is 5.75 Å². The highest BCUT2D eigenvalue weighted by Crippen LogP contribution is 2.38. The van der Waals surface area contributed by atoms with E-state index in [-0.39, 0.29) is 35.7 Å². The van der Waals surface area contributed by atoms with Crippen LogP contribution in [-0.2, 0) is 26.3 Å². The molecule has 0 N–H and O–H groups in total. The van der Waals surface area contributed by atoms with Gasteiger partial charge in [0.25, 0.3) is 0 Å². The summed E-state index contributed by atoms with van der Waals surface area (Å²) in [5, 5.41) is 0. The summed E-state index contributed by atoms with van der Waals surface area (Å²) in [4.78, 5) is 12.3. The van der Waals surface area contributed by atoms with Crippen LogP contribution in [0.2, 0.25) is 0 Å². The summed E-state index contributed by atoms with van der Waals surface area (Å²) in [6.45, 7) is 8.94. The number of carbonyl (C=O) groups is 1. The summed E-state index contributed by atoms with van der Waals surface area (Å²) >= 11 is 0. The lowest BCUT2D eigenvalue weighted by atomic mass is 9.79. The highest BCUT2D eigenvalue weighted by Gasteiger charge is 2.25. The molecule has 4 rings (SSSR count). The number of benzene rings is 3. The molecule has 40 heavy (non-hydrogen) atoms. The molecule has 0 fully saturated rings. The van der Waals surface area contributed by atoms with Crippen LogP contribution in [0.3, 0.4) is 0 Å². The molecule has 0 saturated carbocycles. The van der Waals surface area contributed by atoms with Crippen LogP contribution < -0.4 is 4.74 Å². The molecular weight excluding hydrogens is 503 g/mol. The highest BCUT2D eigenvalue weighted by molar-refractivity contribution is 5.75. The van der Waals surface area contributed by atoms with E-state index in [0.29, 0.717) is 25.2 Å². The van der Waals surface area contributed by atoms with E-state index in [0.717, 1.165) is 33.6 Å². The van der Waals surface area contributed by atoms with Gasteiger partial charge in [-0.1, -0.05) is 81.4 Å². The summed E-state index contributed by atoms with van der Waals surface area (Å²) in [7, 11) is 1.65. The van der Waals surface area contributed by atoms with E-state index < -0.39 is 0 Å². The predicted molar refractivity (Wildman–Crippen MR) is 158 cm³/mol. The quantitative estimate of drug-likeness (QED) is 0.242. The fourth-order valence-electron chi connectivity index (χ4n) is 5.11. The Morgan fingerprint density at radius 1 is 1.00 bits per heavy atom. The Morgan fingerprint density at radius 3 is 2.35 bits per heavy atom. The van der Waals surface area contributed by atoms with Crippen LogP contribution in [0.5, 0.6) is 5.75 Å². The van der Waals surface area contributed by atoms with Gasteiger partial charge in [0.1, 0.15) is 18.2 Å². The molecule has 2 unspecified atom stereocenters. The van der Waals surface area contributed by atoms with Gasteiger partial charge in [-0.05, 0) is 70.0 Å². The maximum Gasteiger partial charge on any atom is 0.306 e. The first-order valence-electron chi connectivity index (χ1n) is 13.9. The van der Waals surface area contributed by atoms with Crippen molar-refractivity contribution >= 4 is 11.5 Å². The Morgan fingerprint density at radius 2 is 1.70 bits per heavy atom. The van der Waals surface area contributed by atoms with Gasteiger partial charge in [0.05, 0.1) is 19.1 Å². The van der Waals surface area contributed by atoms with Gasteiger partial charge < -0.3 is 14.2 Å². The minimum Gasteiger partial charge on any atom is -0.489 e. The molecule has 0 saturated heterocycles. The Bertz CT molecular complexity index is 1350. The Kier molecular flexibility index (Phi) is 9.59. The van der Waals surface area contributed by atoms with Crippen molar-refractivity contribution < 1.29 is 23.4 Å². The third kappa shape index (κ3) is 7.28. The van der Waals surface area contributed by atoms with E-state index in [1.165, 1.54) is 6.08 Å². The zero-order valence-electron chi connectivity index (χ0n) is 24.1. The number of allylic oxidation sites excluding steroid dienone is 2. The molecule has 0 aliphatic heterocycles. The number of esters is 1. The number of hydrogen-bond donors (Lipinski definition) is 0. The Labute approximate surface area is 237 Å². The first-order chi connectivity index (χ1) is 19.2. The Hall–Kier alpha value is -3.70. The summed E-state index contributed by atoms with van der Waals surface area (Å²) in [6.07, 6.45) is 3.88. The highest BCUT2D eigenvalue weighted by atomic mass is 19.1. The van der Waals surface area contributed by atoms with Crippen LogP contribution in [0.25, 0.3) is 5.57 Å². The van der Waals surface area contributed by atoms with Crippen LogP contribution in [0.1, 0.15) is 74.3 Å². The second-order valence-corrected chi connectivity index (χ2v) is 11.1. The van der Waals surface area contributed by atoms with Gasteiger partial charge in [0, 0.05) is 19.4 Å². The molecule has 2 atom stereocenters. The fourth-order valence-corrected chi connectivity index (χ4v) is 5.11. The lowest BCUT2D eigenvalue weighted by Crippen LogP contribution is -2.18. The monoisotopic (exact) mass is 542 g/mol. The van der Waals surface area contributed by atoms with Crippen molar-refractivity contribution in [2.75, 3.05) is 13.7 Å². The first-order valence-corrected chi connectivity index (χ1v) is 13.9. The molecule has 1 aliphatic carbocycles. The van der Waals surface area contributed by atoms with Crippen LogP contribution in [0, 0.1) is 0 Å². The Balaban J connectivity index is 1.54. The number of ether oxygens (including phenoxy) is 3. The average Bonchev–Trinajstić information content (AvgIpc) is 2.95. The van der Waals surface area contributed by atoms with E-state index in [2.05, 4.69) is 26.8 Å². The molecule has 0 heterocycles. The fraction of sp³-hybridized carbons (Fsp3) is 0.343. The molecule has 0 radical (unpaired) electrons. The molecule has 210 valence electrons. The number of halogens is 1. The predicted octanol–water partition coefficient (Wildman–Crippen LogP) is 8.30. The molecule has 0 amide bonds. The average molecular weight is 543 g/mol. The number of carbonyl (C=O) groups excluding carboxylic acids is 1. The van der Waals surface area contributed by atoms with Gasteiger partial charge in [-0.2, -0.15) is 0 Å².